The van der Waals surface area contributed by atoms with E-state index in [1.54, 1.807) is 0 Å². The number of aromatic amines is 1. The molecular weight excluding hydrogens is 612 g/mol. The van der Waals surface area contributed by atoms with Gasteiger partial charge in [0.25, 0.3) is 5.91 Å². The summed E-state index contributed by atoms with van der Waals surface area (Å²) in [6.45, 7) is 6.34. The number of aliphatic carboxylic acids is 1. The van der Waals surface area contributed by atoms with Crippen molar-refractivity contribution in [3.8, 4) is 0 Å². The van der Waals surface area contributed by atoms with Crippen LogP contribution in [0.15, 0.2) is 47.5 Å². The molecule has 4 N–H and O–H groups in total. The lowest BCUT2D eigenvalue weighted by atomic mass is 9.85. The molecule has 0 radical (unpaired) electrons. The summed E-state index contributed by atoms with van der Waals surface area (Å²) in [5.41, 5.74) is 3.57. The first-order valence-electron chi connectivity index (χ1n) is 14.9. The number of H-pyrrole nitrogens is 1. The van der Waals surface area contributed by atoms with Gasteiger partial charge in [-0.25, -0.2) is 9.18 Å². The minimum atomic E-state index is -5.08. The van der Waals surface area contributed by atoms with Gasteiger partial charge in [-0.3, -0.25) is 19.3 Å². The van der Waals surface area contributed by atoms with Crippen LogP contribution in [0.2, 0.25) is 0 Å². The molecule has 5 rings (SSSR count). The summed E-state index contributed by atoms with van der Waals surface area (Å²) in [5.74, 6) is -3.54. The molecule has 11 nitrogen and oxygen atoms in total. The Kier molecular flexibility index (Phi) is 11.0. The van der Waals surface area contributed by atoms with Gasteiger partial charge in [0.05, 0.1) is 17.6 Å². The smallest absolute Gasteiger partial charge is 0.475 e. The van der Waals surface area contributed by atoms with E-state index in [0.29, 0.717) is 30.8 Å². The van der Waals surface area contributed by atoms with E-state index in [2.05, 4.69) is 36.1 Å². The Balaban J connectivity index is 0.000000617. The van der Waals surface area contributed by atoms with Crippen molar-refractivity contribution >= 4 is 34.7 Å². The number of rotatable bonds is 6. The molecule has 2 aromatic carbocycles. The number of halogens is 4. The number of nitrogens with one attached hydrogen (secondary N) is 3. The molecule has 0 spiro atoms. The maximum Gasteiger partial charge on any atom is 0.490 e. The van der Waals surface area contributed by atoms with Gasteiger partial charge in [-0.2, -0.15) is 18.2 Å². The number of benzene rings is 2. The second-order valence-corrected chi connectivity index (χ2v) is 11.6. The first-order chi connectivity index (χ1) is 21.7. The number of nitrogens with zero attached hydrogens (tertiary/aromatic N) is 3. The molecule has 1 aliphatic heterocycles. The van der Waals surface area contributed by atoms with Gasteiger partial charge in [0, 0.05) is 43.2 Å². The minimum Gasteiger partial charge on any atom is -0.475 e. The van der Waals surface area contributed by atoms with E-state index in [1.165, 1.54) is 24.3 Å². The fourth-order valence-electron chi connectivity index (χ4n) is 5.56. The minimum absolute atomic E-state index is 0.0256. The fraction of sp³-hybridized carbons (Fsp3) is 0.452. The number of alkyl halides is 3. The van der Waals surface area contributed by atoms with Crippen LogP contribution in [0, 0.1) is 11.7 Å². The Labute approximate surface area is 261 Å². The molecule has 0 bridgehead atoms. The molecule has 0 atom stereocenters. The Morgan fingerprint density at radius 3 is 2.30 bits per heavy atom. The van der Waals surface area contributed by atoms with Crippen LogP contribution in [0.4, 0.5) is 17.6 Å². The number of amides is 3. The summed E-state index contributed by atoms with van der Waals surface area (Å²) in [6.07, 6.45) is -2.04. The lowest BCUT2D eigenvalue weighted by Crippen LogP contribution is -2.47. The normalized spacial score (nSPS) is 19.4. The fourth-order valence-corrected chi connectivity index (χ4v) is 5.56. The van der Waals surface area contributed by atoms with E-state index in [1.807, 2.05) is 26.0 Å². The second-order valence-electron chi connectivity index (χ2n) is 11.6. The second kappa shape index (κ2) is 14.7. The SMILES string of the molecule is CC(C)NC(=O)[C@H]1CC[C@@H](n2/c(=N/C(=O)c3ccc(F)cc3)[nH]c3ccc(CN4CCNC(=O)C4)cc32)CC1.O=C(O)C(F)(F)F. The number of imidazole rings is 1. The van der Waals surface area contributed by atoms with Gasteiger partial charge in [0.2, 0.25) is 17.4 Å². The Hall–Kier alpha value is -4.53. The zero-order valence-corrected chi connectivity index (χ0v) is 25.4. The Morgan fingerprint density at radius 2 is 1.72 bits per heavy atom. The summed E-state index contributed by atoms with van der Waals surface area (Å²) in [6, 6.07) is 11.6. The van der Waals surface area contributed by atoms with Crippen molar-refractivity contribution in [1.82, 2.24) is 25.1 Å². The lowest BCUT2D eigenvalue weighted by molar-refractivity contribution is -0.192. The van der Waals surface area contributed by atoms with E-state index < -0.39 is 23.9 Å². The number of hydrogen-bond acceptors (Lipinski definition) is 5. The first kappa shape index (κ1) is 34.3. The van der Waals surface area contributed by atoms with Gasteiger partial charge in [-0.1, -0.05) is 6.07 Å². The molecule has 2 heterocycles. The molecule has 46 heavy (non-hydrogen) atoms. The van der Waals surface area contributed by atoms with Crippen LogP contribution < -0.4 is 16.3 Å². The number of carbonyl (C=O) groups excluding carboxylic acids is 3. The molecule has 1 aromatic heterocycles. The van der Waals surface area contributed by atoms with Crippen LogP contribution in [0.25, 0.3) is 11.0 Å². The topological polar surface area (TPSA) is 149 Å². The molecule has 1 aliphatic carbocycles. The Bertz CT molecular complexity index is 1640. The number of fused-ring (bicyclic) bond motifs is 1. The van der Waals surface area contributed by atoms with E-state index in [0.717, 1.165) is 48.8 Å². The van der Waals surface area contributed by atoms with Crippen LogP contribution in [-0.2, 0) is 20.9 Å². The van der Waals surface area contributed by atoms with Crippen molar-refractivity contribution in [3.05, 3.63) is 65.0 Å². The third-order valence-electron chi connectivity index (χ3n) is 7.72. The zero-order valence-electron chi connectivity index (χ0n) is 25.4. The Morgan fingerprint density at radius 1 is 1.07 bits per heavy atom. The molecule has 248 valence electrons. The van der Waals surface area contributed by atoms with Gasteiger partial charge in [0.1, 0.15) is 5.82 Å². The van der Waals surface area contributed by atoms with Crippen molar-refractivity contribution in [3.63, 3.8) is 0 Å². The number of carbonyl (C=O) groups is 4. The number of aromatic nitrogens is 2. The summed E-state index contributed by atoms with van der Waals surface area (Å²) >= 11 is 0. The summed E-state index contributed by atoms with van der Waals surface area (Å²) < 4.78 is 47.2. The first-order valence-corrected chi connectivity index (χ1v) is 14.9. The van der Waals surface area contributed by atoms with Gasteiger partial charge in [-0.05, 0) is 81.5 Å². The van der Waals surface area contributed by atoms with E-state index in [9.17, 15) is 31.9 Å². The van der Waals surface area contributed by atoms with Gasteiger partial charge in [0.15, 0.2) is 0 Å². The van der Waals surface area contributed by atoms with E-state index >= 15 is 0 Å². The zero-order chi connectivity index (χ0) is 33.6. The average Bonchev–Trinajstić information content (AvgIpc) is 3.34. The highest BCUT2D eigenvalue weighted by Crippen LogP contribution is 2.33. The van der Waals surface area contributed by atoms with Crippen LogP contribution in [0.1, 0.15) is 61.5 Å². The van der Waals surface area contributed by atoms with Crippen LogP contribution in [0.3, 0.4) is 0 Å². The maximum absolute atomic E-state index is 13.4. The molecule has 1 saturated heterocycles. The monoisotopic (exact) mass is 648 g/mol. The van der Waals surface area contributed by atoms with Crippen molar-refractivity contribution in [2.24, 2.45) is 10.9 Å². The quantitative estimate of drug-likeness (QED) is 0.300. The van der Waals surface area contributed by atoms with Crippen molar-refractivity contribution in [2.45, 2.75) is 64.3 Å². The predicted molar refractivity (Wildman–Crippen MR) is 159 cm³/mol. The highest BCUT2D eigenvalue weighted by Gasteiger charge is 2.38. The molecule has 3 amide bonds. The molecule has 3 aromatic rings. The molecule has 1 saturated carbocycles. The van der Waals surface area contributed by atoms with Crippen molar-refractivity contribution < 1.29 is 41.8 Å². The largest absolute Gasteiger partial charge is 0.490 e. The predicted octanol–water partition coefficient (Wildman–Crippen LogP) is 3.67. The average molecular weight is 649 g/mol. The molecule has 0 unspecified atom stereocenters. The van der Waals surface area contributed by atoms with Gasteiger partial charge in [-0.15, -0.1) is 0 Å². The number of carboxylic acids is 1. The highest BCUT2D eigenvalue weighted by molar-refractivity contribution is 5.95. The maximum atomic E-state index is 13.4. The number of hydrogen-bond donors (Lipinski definition) is 4. The van der Waals surface area contributed by atoms with Crippen molar-refractivity contribution in [2.75, 3.05) is 19.6 Å². The van der Waals surface area contributed by atoms with Crippen LogP contribution >= 0.6 is 0 Å². The summed E-state index contributed by atoms with van der Waals surface area (Å²) in [5, 5.41) is 13.0. The highest BCUT2D eigenvalue weighted by atomic mass is 19.4. The lowest BCUT2D eigenvalue weighted by Gasteiger charge is -2.30. The molecule has 2 fully saturated rings. The van der Waals surface area contributed by atoms with Gasteiger partial charge >= 0.3 is 12.1 Å². The van der Waals surface area contributed by atoms with Gasteiger partial charge < -0.3 is 25.3 Å². The number of piperazine rings is 1. The van der Waals surface area contributed by atoms with Crippen molar-refractivity contribution in [1.29, 1.82) is 0 Å². The summed E-state index contributed by atoms with van der Waals surface area (Å²) in [4.78, 5) is 56.2. The van der Waals surface area contributed by atoms with Crippen LogP contribution in [-0.4, -0.2) is 75.1 Å². The molecule has 15 heteroatoms. The summed E-state index contributed by atoms with van der Waals surface area (Å²) in [7, 11) is 0. The van der Waals surface area contributed by atoms with E-state index in [-0.39, 0.29) is 29.8 Å². The standard InChI is InChI=1S/C29H35FN6O3.C2HF3O2/c1-18(2)32-27(38)21-6-10-23(11-7-21)36-25-15-19(16-35-14-13-31-26(37)17-35)3-12-24(25)33-29(36)34-28(39)20-4-8-22(30)9-5-20;3-2(4,5)1(6)7/h3-5,8-9,12,15,18,21,23H,6-7,10-11,13-14,16-17H2,1-2H3,(H,31,37)(H,32,38)(H,33,34,39);(H,6,7)/t21-,23+;. The van der Waals surface area contributed by atoms with Crippen LogP contribution in [0.5, 0.6) is 0 Å². The van der Waals surface area contributed by atoms with E-state index in [4.69, 9.17) is 9.90 Å². The third kappa shape index (κ3) is 9.02. The molecular formula is C31H36F4N6O5. The third-order valence-corrected chi connectivity index (χ3v) is 7.72. The number of carboxylic acid groups (broad SMARTS) is 1. The molecule has 2 aliphatic rings.